The van der Waals surface area contributed by atoms with Gasteiger partial charge >= 0.3 is 0 Å². The Balaban J connectivity index is 1.49. The highest BCUT2D eigenvalue weighted by Crippen LogP contribution is 2.29. The molecule has 0 saturated carbocycles. The Bertz CT molecular complexity index is 853. The van der Waals surface area contributed by atoms with Gasteiger partial charge in [0.25, 0.3) is 0 Å². The second kappa shape index (κ2) is 8.91. The molecule has 134 valence electrons. The van der Waals surface area contributed by atoms with Crippen molar-refractivity contribution in [2.75, 3.05) is 5.32 Å². The number of hydrogen-bond donors (Lipinski definition) is 1. The minimum absolute atomic E-state index is 0.0763. The summed E-state index contributed by atoms with van der Waals surface area (Å²) in [6, 6.07) is 16.3. The maximum absolute atomic E-state index is 12.9. The van der Waals surface area contributed by atoms with Gasteiger partial charge in [0, 0.05) is 12.2 Å². The lowest BCUT2D eigenvalue weighted by Gasteiger charge is -2.10. The van der Waals surface area contributed by atoms with Crippen LogP contribution in [0.4, 0.5) is 9.52 Å². The van der Waals surface area contributed by atoms with Crippen molar-refractivity contribution in [3.05, 3.63) is 71.5 Å². The summed E-state index contributed by atoms with van der Waals surface area (Å²) in [6.07, 6.45) is 0.391. The second-order valence-electron chi connectivity index (χ2n) is 5.85. The van der Waals surface area contributed by atoms with Crippen LogP contribution in [-0.4, -0.2) is 16.1 Å². The molecule has 0 aliphatic carbocycles. The number of halogens is 1. The number of anilines is 1. The molecule has 3 rings (SSSR count). The average Bonchev–Trinajstić information content (AvgIpc) is 3.09. The van der Waals surface area contributed by atoms with Gasteiger partial charge in [0.1, 0.15) is 5.82 Å². The van der Waals surface area contributed by atoms with Crippen molar-refractivity contribution in [1.29, 1.82) is 0 Å². The quantitative estimate of drug-likeness (QED) is 0.452. The summed E-state index contributed by atoms with van der Waals surface area (Å²) < 4.78 is 13.7. The first kappa shape index (κ1) is 18.5. The van der Waals surface area contributed by atoms with Gasteiger partial charge in [-0.25, -0.2) is 4.39 Å². The third-order valence-electron chi connectivity index (χ3n) is 3.79. The molecule has 7 heteroatoms. The van der Waals surface area contributed by atoms with Crippen molar-refractivity contribution < 1.29 is 9.18 Å². The summed E-state index contributed by atoms with van der Waals surface area (Å²) in [4.78, 5) is 12.2. The van der Waals surface area contributed by atoms with E-state index in [1.54, 1.807) is 12.1 Å². The first-order chi connectivity index (χ1) is 12.6. The van der Waals surface area contributed by atoms with Crippen molar-refractivity contribution in [3.63, 3.8) is 0 Å². The van der Waals surface area contributed by atoms with Crippen LogP contribution >= 0.6 is 23.1 Å². The van der Waals surface area contributed by atoms with Gasteiger partial charge in [0.05, 0.1) is 0 Å². The Morgan fingerprint density at radius 1 is 1.15 bits per heavy atom. The van der Waals surface area contributed by atoms with E-state index in [0.29, 0.717) is 17.3 Å². The van der Waals surface area contributed by atoms with Crippen LogP contribution in [0.15, 0.2) is 58.9 Å². The molecule has 4 nitrogen and oxygen atoms in total. The molecule has 1 aromatic heterocycles. The van der Waals surface area contributed by atoms with Gasteiger partial charge in [-0.2, -0.15) is 0 Å². The number of aromatic nitrogens is 2. The van der Waals surface area contributed by atoms with Crippen molar-refractivity contribution in [2.24, 2.45) is 0 Å². The number of benzene rings is 2. The summed E-state index contributed by atoms with van der Waals surface area (Å²) >= 11 is 2.85. The Hall–Kier alpha value is -2.25. The van der Waals surface area contributed by atoms with Crippen LogP contribution in [0, 0.1) is 5.82 Å². The van der Waals surface area contributed by atoms with Gasteiger partial charge in [-0.15, -0.1) is 10.2 Å². The molecule has 0 aliphatic heterocycles. The molecule has 2 aromatic carbocycles. The number of rotatable bonds is 7. The number of carbonyl (C=O) groups excluding carboxylic acids is 1. The number of thioether (sulfide) groups is 1. The molecular weight excluding hydrogens is 369 g/mol. The van der Waals surface area contributed by atoms with Crippen LogP contribution in [0.25, 0.3) is 0 Å². The maximum atomic E-state index is 12.9. The van der Waals surface area contributed by atoms with Gasteiger partial charge in [0.2, 0.25) is 11.0 Å². The molecule has 0 unspecified atom stereocenters. The van der Waals surface area contributed by atoms with Gasteiger partial charge in [-0.1, -0.05) is 72.5 Å². The molecule has 1 amide bonds. The minimum atomic E-state index is -0.246. The van der Waals surface area contributed by atoms with Gasteiger partial charge in [-0.05, 0) is 29.2 Å². The number of nitrogens with zero attached hydrogens (tertiary/aromatic N) is 2. The van der Waals surface area contributed by atoms with E-state index in [-0.39, 0.29) is 17.6 Å². The predicted molar refractivity (Wildman–Crippen MR) is 104 cm³/mol. The number of nitrogens with one attached hydrogen (secondary N) is 1. The Morgan fingerprint density at radius 3 is 2.62 bits per heavy atom. The van der Waals surface area contributed by atoms with Crippen molar-refractivity contribution in [3.8, 4) is 0 Å². The van der Waals surface area contributed by atoms with Crippen LogP contribution in [0.5, 0.6) is 0 Å². The van der Waals surface area contributed by atoms with Gasteiger partial charge in [-0.3, -0.25) is 4.79 Å². The maximum Gasteiger partial charge on any atom is 0.226 e. The van der Waals surface area contributed by atoms with Crippen LogP contribution in [0.2, 0.25) is 0 Å². The van der Waals surface area contributed by atoms with Crippen LogP contribution in [0.1, 0.15) is 30.4 Å². The van der Waals surface area contributed by atoms with E-state index in [0.717, 1.165) is 15.5 Å². The van der Waals surface area contributed by atoms with Crippen LogP contribution < -0.4 is 5.32 Å². The third kappa shape index (κ3) is 5.37. The normalized spacial score (nSPS) is 11.9. The molecule has 3 aromatic rings. The Kier molecular flexibility index (Phi) is 6.35. The van der Waals surface area contributed by atoms with Gasteiger partial charge in [0.15, 0.2) is 4.34 Å². The molecule has 1 heterocycles. The summed E-state index contributed by atoms with van der Waals surface area (Å²) in [5.41, 5.74) is 2.14. The molecule has 0 bridgehead atoms. The number of amides is 1. The first-order valence-corrected chi connectivity index (χ1v) is 9.96. The summed E-state index contributed by atoms with van der Waals surface area (Å²) in [6.45, 7) is 2.03. The topological polar surface area (TPSA) is 54.9 Å². The van der Waals surface area contributed by atoms with Crippen molar-refractivity contribution in [1.82, 2.24) is 10.2 Å². The van der Waals surface area contributed by atoms with E-state index in [1.807, 2.05) is 37.3 Å². The minimum Gasteiger partial charge on any atom is -0.300 e. The lowest BCUT2D eigenvalue weighted by molar-refractivity contribution is -0.116. The molecule has 0 spiro atoms. The van der Waals surface area contributed by atoms with Crippen LogP contribution in [-0.2, 0) is 10.5 Å². The zero-order valence-corrected chi connectivity index (χ0v) is 15.8. The zero-order valence-electron chi connectivity index (χ0n) is 14.2. The highest BCUT2D eigenvalue weighted by Gasteiger charge is 2.13. The fourth-order valence-electron chi connectivity index (χ4n) is 2.39. The molecule has 0 aliphatic rings. The molecule has 26 heavy (non-hydrogen) atoms. The SMILES string of the molecule is C[C@H](CC(=O)Nc1nnc(SCc2ccc(F)cc2)s1)c1ccccc1. The molecule has 1 atom stereocenters. The van der Waals surface area contributed by atoms with Crippen molar-refractivity contribution >= 4 is 34.1 Å². The van der Waals surface area contributed by atoms with E-state index < -0.39 is 0 Å². The fraction of sp³-hybridized carbons (Fsp3) is 0.211. The van der Waals surface area contributed by atoms with E-state index >= 15 is 0 Å². The monoisotopic (exact) mass is 387 g/mol. The molecule has 1 N–H and O–H groups in total. The average molecular weight is 388 g/mol. The lowest BCUT2D eigenvalue weighted by Crippen LogP contribution is -2.14. The zero-order chi connectivity index (χ0) is 18.4. The first-order valence-electron chi connectivity index (χ1n) is 8.15. The van der Waals surface area contributed by atoms with E-state index in [2.05, 4.69) is 15.5 Å². The fourth-order valence-corrected chi connectivity index (χ4v) is 4.12. The highest BCUT2D eigenvalue weighted by molar-refractivity contribution is 8.00. The number of hydrogen-bond acceptors (Lipinski definition) is 5. The molecule has 0 radical (unpaired) electrons. The highest BCUT2D eigenvalue weighted by atomic mass is 32.2. The van der Waals surface area contributed by atoms with E-state index in [9.17, 15) is 9.18 Å². The number of carbonyl (C=O) groups is 1. The second-order valence-corrected chi connectivity index (χ2v) is 8.05. The van der Waals surface area contributed by atoms with E-state index in [1.165, 1.54) is 35.2 Å². The standard InChI is InChI=1S/C19H18FN3OS2/c1-13(15-5-3-2-4-6-15)11-17(24)21-18-22-23-19(26-18)25-12-14-7-9-16(20)10-8-14/h2-10,13H,11-12H2,1H3,(H,21,22,24)/t13-/m1/s1. The lowest BCUT2D eigenvalue weighted by atomic mass is 9.98. The third-order valence-corrected chi connectivity index (χ3v) is 5.83. The smallest absolute Gasteiger partial charge is 0.226 e. The molecular formula is C19H18FN3OS2. The predicted octanol–water partition coefficient (Wildman–Crippen LogP) is 5.10. The summed E-state index contributed by atoms with van der Waals surface area (Å²) in [5, 5.41) is 11.4. The summed E-state index contributed by atoms with van der Waals surface area (Å²) in [7, 11) is 0. The Labute approximate surface area is 159 Å². The van der Waals surface area contributed by atoms with E-state index in [4.69, 9.17) is 0 Å². The van der Waals surface area contributed by atoms with Crippen molar-refractivity contribution in [2.45, 2.75) is 29.4 Å². The molecule has 0 fully saturated rings. The molecule has 0 saturated heterocycles. The van der Waals surface area contributed by atoms with Crippen LogP contribution in [0.3, 0.4) is 0 Å². The largest absolute Gasteiger partial charge is 0.300 e. The summed E-state index contributed by atoms with van der Waals surface area (Å²) in [5.74, 6) is 0.488. The van der Waals surface area contributed by atoms with Gasteiger partial charge < -0.3 is 5.32 Å². The Morgan fingerprint density at radius 2 is 1.88 bits per heavy atom.